The fourth-order valence-corrected chi connectivity index (χ4v) is 3.10. The number of nitro groups is 1. The second kappa shape index (κ2) is 6.82. The number of non-ortho nitro benzene ring substituents is 1. The lowest BCUT2D eigenvalue weighted by Crippen LogP contribution is -2.40. The fourth-order valence-electron chi connectivity index (χ4n) is 3.10. The molecule has 1 saturated heterocycles. The molecular weight excluding hydrogens is 378 g/mol. The van der Waals surface area contributed by atoms with Crippen LogP contribution in [0.15, 0.2) is 59.0 Å². The minimum atomic E-state index is -1.35. The van der Waals surface area contributed by atoms with Crippen LogP contribution in [0.1, 0.15) is 18.4 Å². The van der Waals surface area contributed by atoms with Gasteiger partial charge < -0.3 is 9.73 Å². The minimum Gasteiger partial charge on any atom is -0.419 e. The van der Waals surface area contributed by atoms with E-state index in [1.807, 2.05) is 18.2 Å². The quantitative estimate of drug-likeness (QED) is 0.400. The second-order valence-electron chi connectivity index (χ2n) is 6.62. The Balaban J connectivity index is 1.55. The van der Waals surface area contributed by atoms with Crippen molar-refractivity contribution in [2.24, 2.45) is 0 Å². The number of nitrogens with one attached hydrogen (secondary N) is 1. The number of hydrogen-bond donors (Lipinski definition) is 1. The molecule has 2 aromatic carbocycles. The summed E-state index contributed by atoms with van der Waals surface area (Å²) in [6.07, 6.45) is 0. The molecule has 146 valence electrons. The third-order valence-electron chi connectivity index (χ3n) is 4.71. The van der Waals surface area contributed by atoms with Gasteiger partial charge in [0.1, 0.15) is 12.1 Å². The highest BCUT2D eigenvalue weighted by atomic mass is 16.6. The SMILES string of the molecule is CC1(c2ccc([N+](=O)[O-])cc2)NC(=O)N(Cc2nnc(-c3ccccc3)o2)C1=O. The van der Waals surface area contributed by atoms with E-state index in [1.165, 1.54) is 31.2 Å². The van der Waals surface area contributed by atoms with Gasteiger partial charge in [0.25, 0.3) is 11.6 Å². The molecule has 2 heterocycles. The monoisotopic (exact) mass is 393 g/mol. The Bertz CT molecular complexity index is 1100. The van der Waals surface area contributed by atoms with Crippen molar-refractivity contribution in [3.63, 3.8) is 0 Å². The number of benzene rings is 2. The van der Waals surface area contributed by atoms with E-state index in [9.17, 15) is 19.7 Å². The van der Waals surface area contributed by atoms with Crippen LogP contribution in [0.5, 0.6) is 0 Å². The van der Waals surface area contributed by atoms with Crippen LogP contribution in [-0.4, -0.2) is 32.0 Å². The number of hydrogen-bond acceptors (Lipinski definition) is 7. The summed E-state index contributed by atoms with van der Waals surface area (Å²) in [7, 11) is 0. The van der Waals surface area contributed by atoms with Gasteiger partial charge in [0.15, 0.2) is 0 Å². The van der Waals surface area contributed by atoms with Crippen molar-refractivity contribution in [1.82, 2.24) is 20.4 Å². The Hall–Kier alpha value is -4.08. The number of amides is 3. The Morgan fingerprint density at radius 1 is 1.10 bits per heavy atom. The lowest BCUT2D eigenvalue weighted by atomic mass is 9.92. The average molecular weight is 393 g/mol. The van der Waals surface area contributed by atoms with Crippen LogP contribution < -0.4 is 5.32 Å². The van der Waals surface area contributed by atoms with E-state index in [-0.39, 0.29) is 24.0 Å². The molecule has 1 aliphatic heterocycles. The Morgan fingerprint density at radius 2 is 1.79 bits per heavy atom. The number of rotatable bonds is 5. The van der Waals surface area contributed by atoms with Crippen LogP contribution in [0.4, 0.5) is 10.5 Å². The second-order valence-corrected chi connectivity index (χ2v) is 6.62. The zero-order valence-electron chi connectivity index (χ0n) is 15.2. The molecule has 0 spiro atoms. The van der Waals surface area contributed by atoms with Crippen molar-refractivity contribution in [1.29, 1.82) is 0 Å². The molecule has 0 saturated carbocycles. The van der Waals surface area contributed by atoms with Gasteiger partial charge in [-0.25, -0.2) is 4.79 Å². The number of nitro benzene ring substituents is 1. The summed E-state index contributed by atoms with van der Waals surface area (Å²) in [5.74, 6) is -0.123. The molecule has 10 nitrogen and oxygen atoms in total. The molecule has 1 fully saturated rings. The molecule has 1 unspecified atom stereocenters. The van der Waals surface area contributed by atoms with E-state index in [1.54, 1.807) is 12.1 Å². The van der Waals surface area contributed by atoms with Crippen molar-refractivity contribution < 1.29 is 18.9 Å². The molecule has 0 radical (unpaired) electrons. The van der Waals surface area contributed by atoms with Crippen molar-refractivity contribution in [3.8, 4) is 11.5 Å². The molecule has 4 rings (SSSR count). The molecular formula is C19H15N5O5. The third kappa shape index (κ3) is 3.20. The van der Waals surface area contributed by atoms with E-state index < -0.39 is 22.4 Å². The predicted octanol–water partition coefficient (Wildman–Crippen LogP) is 2.61. The molecule has 0 aliphatic carbocycles. The van der Waals surface area contributed by atoms with Gasteiger partial charge >= 0.3 is 6.03 Å². The van der Waals surface area contributed by atoms with Gasteiger partial charge in [-0.15, -0.1) is 10.2 Å². The summed E-state index contributed by atoms with van der Waals surface area (Å²) in [5, 5.41) is 21.3. The number of imide groups is 1. The average Bonchev–Trinajstić information content (AvgIpc) is 3.28. The maximum Gasteiger partial charge on any atom is 0.325 e. The van der Waals surface area contributed by atoms with Gasteiger partial charge in [0, 0.05) is 17.7 Å². The highest BCUT2D eigenvalue weighted by Gasteiger charge is 2.49. The summed E-state index contributed by atoms with van der Waals surface area (Å²) >= 11 is 0. The highest BCUT2D eigenvalue weighted by molar-refractivity contribution is 6.07. The smallest absolute Gasteiger partial charge is 0.325 e. The van der Waals surface area contributed by atoms with Crippen LogP contribution in [-0.2, 0) is 16.9 Å². The van der Waals surface area contributed by atoms with E-state index in [0.29, 0.717) is 5.56 Å². The van der Waals surface area contributed by atoms with Crippen LogP contribution in [0.3, 0.4) is 0 Å². The number of nitrogens with zero attached hydrogens (tertiary/aromatic N) is 4. The van der Waals surface area contributed by atoms with Gasteiger partial charge in [0.05, 0.1) is 4.92 Å². The van der Waals surface area contributed by atoms with Gasteiger partial charge in [-0.1, -0.05) is 18.2 Å². The van der Waals surface area contributed by atoms with Crippen LogP contribution in [0.25, 0.3) is 11.5 Å². The first-order valence-corrected chi connectivity index (χ1v) is 8.65. The highest BCUT2D eigenvalue weighted by Crippen LogP contribution is 2.31. The van der Waals surface area contributed by atoms with Gasteiger partial charge in [-0.05, 0) is 36.8 Å². The molecule has 1 aromatic heterocycles. The van der Waals surface area contributed by atoms with Gasteiger partial charge in [0.2, 0.25) is 11.8 Å². The third-order valence-corrected chi connectivity index (χ3v) is 4.71. The topological polar surface area (TPSA) is 131 Å². The fraction of sp³-hybridized carbons (Fsp3) is 0.158. The van der Waals surface area contributed by atoms with Crippen LogP contribution in [0, 0.1) is 10.1 Å². The Labute approximate surface area is 164 Å². The Morgan fingerprint density at radius 3 is 2.45 bits per heavy atom. The van der Waals surface area contributed by atoms with Gasteiger partial charge in [-0.2, -0.15) is 0 Å². The maximum absolute atomic E-state index is 13.0. The molecule has 1 aliphatic rings. The lowest BCUT2D eigenvalue weighted by Gasteiger charge is -2.21. The lowest BCUT2D eigenvalue weighted by molar-refractivity contribution is -0.384. The summed E-state index contributed by atoms with van der Waals surface area (Å²) in [5.41, 5.74) is -0.307. The largest absolute Gasteiger partial charge is 0.419 e. The van der Waals surface area contributed by atoms with Crippen molar-refractivity contribution >= 4 is 17.6 Å². The van der Waals surface area contributed by atoms with E-state index >= 15 is 0 Å². The maximum atomic E-state index is 13.0. The summed E-state index contributed by atoms with van der Waals surface area (Å²) in [6.45, 7) is 1.35. The van der Waals surface area contributed by atoms with Crippen molar-refractivity contribution in [2.45, 2.75) is 19.0 Å². The number of carbonyl (C=O) groups is 2. The number of aromatic nitrogens is 2. The van der Waals surface area contributed by atoms with Gasteiger partial charge in [-0.3, -0.25) is 19.8 Å². The predicted molar refractivity (Wildman–Crippen MR) is 99.3 cm³/mol. The first-order chi connectivity index (χ1) is 13.9. The zero-order valence-corrected chi connectivity index (χ0v) is 15.2. The Kier molecular flexibility index (Phi) is 4.30. The molecule has 1 atom stereocenters. The molecule has 10 heteroatoms. The first kappa shape index (κ1) is 18.3. The number of carbonyl (C=O) groups excluding carboxylic acids is 2. The first-order valence-electron chi connectivity index (χ1n) is 8.65. The zero-order chi connectivity index (χ0) is 20.6. The summed E-state index contributed by atoms with van der Waals surface area (Å²) in [4.78, 5) is 36.7. The minimum absolute atomic E-state index is 0.106. The molecule has 3 amide bonds. The summed E-state index contributed by atoms with van der Waals surface area (Å²) in [6, 6.07) is 14.0. The van der Waals surface area contributed by atoms with E-state index in [4.69, 9.17) is 4.42 Å². The molecule has 0 bridgehead atoms. The molecule has 1 N–H and O–H groups in total. The molecule has 29 heavy (non-hydrogen) atoms. The standard InChI is InChI=1S/C19H15N5O5/c1-19(13-7-9-14(10-8-13)24(27)28)17(25)23(18(26)20-19)11-15-21-22-16(29-15)12-5-3-2-4-6-12/h2-10H,11H2,1H3,(H,20,26). The van der Waals surface area contributed by atoms with Crippen LogP contribution in [0.2, 0.25) is 0 Å². The van der Waals surface area contributed by atoms with E-state index in [2.05, 4.69) is 15.5 Å². The normalized spacial score (nSPS) is 18.7. The number of urea groups is 1. The van der Waals surface area contributed by atoms with Crippen molar-refractivity contribution in [2.75, 3.05) is 0 Å². The summed E-state index contributed by atoms with van der Waals surface area (Å²) < 4.78 is 5.57. The molecule has 3 aromatic rings. The van der Waals surface area contributed by atoms with Crippen molar-refractivity contribution in [3.05, 3.63) is 76.2 Å². The van der Waals surface area contributed by atoms with E-state index in [0.717, 1.165) is 10.5 Å². The van der Waals surface area contributed by atoms with Crippen LogP contribution >= 0.6 is 0 Å².